The van der Waals surface area contributed by atoms with Crippen molar-refractivity contribution in [3.63, 3.8) is 0 Å². The van der Waals surface area contributed by atoms with Crippen molar-refractivity contribution >= 4 is 5.91 Å². The van der Waals surface area contributed by atoms with Gasteiger partial charge in [0.2, 0.25) is 0 Å². The Hall–Kier alpha value is -1.61. The number of carbonyl (C=O) groups excluding carboxylic acids is 1. The maximum Gasteiger partial charge on any atom is 0.278 e. The van der Waals surface area contributed by atoms with E-state index in [-0.39, 0.29) is 5.91 Å². The third-order valence-corrected chi connectivity index (χ3v) is 3.18. The summed E-state index contributed by atoms with van der Waals surface area (Å²) >= 11 is 0. The Morgan fingerprint density at radius 1 is 1.28 bits per heavy atom. The molecule has 0 aliphatic rings. The van der Waals surface area contributed by atoms with Gasteiger partial charge in [0.15, 0.2) is 0 Å². The highest BCUT2D eigenvalue weighted by molar-refractivity contribution is 5.96. The molecule has 0 spiro atoms. The number of rotatable bonds is 3. The number of hydrogen-bond donors (Lipinski definition) is 1. The van der Waals surface area contributed by atoms with E-state index < -0.39 is 6.04 Å². The Morgan fingerprint density at radius 3 is 2.11 bits per heavy atom. The van der Waals surface area contributed by atoms with E-state index in [1.807, 2.05) is 32.9 Å². The van der Waals surface area contributed by atoms with Gasteiger partial charge >= 0.3 is 0 Å². The number of hydroxylamine groups is 2. The number of amides is 1. The van der Waals surface area contributed by atoms with Gasteiger partial charge in [-0.3, -0.25) is 10.0 Å². The summed E-state index contributed by atoms with van der Waals surface area (Å²) in [6.07, 6.45) is 0. The molecule has 0 aliphatic heterocycles. The molecule has 3 heteroatoms. The highest BCUT2D eigenvalue weighted by Crippen LogP contribution is 2.19. The molecule has 18 heavy (non-hydrogen) atoms. The Labute approximate surface area is 109 Å². The van der Waals surface area contributed by atoms with E-state index in [9.17, 15) is 10.0 Å². The van der Waals surface area contributed by atoms with Crippen LogP contribution in [0.4, 0.5) is 0 Å². The predicted molar refractivity (Wildman–Crippen MR) is 72.9 cm³/mol. The second kappa shape index (κ2) is 5.36. The zero-order chi connectivity index (χ0) is 14.0. The van der Waals surface area contributed by atoms with Gasteiger partial charge in [-0.1, -0.05) is 29.8 Å². The van der Waals surface area contributed by atoms with Crippen molar-refractivity contribution in [1.29, 1.82) is 0 Å². The molecule has 0 aromatic heterocycles. The first-order chi connectivity index (χ1) is 8.25. The Bertz CT molecular complexity index is 468. The highest BCUT2D eigenvalue weighted by atomic mass is 16.5. The first kappa shape index (κ1) is 14.5. The van der Waals surface area contributed by atoms with Crippen molar-refractivity contribution in [2.45, 2.75) is 40.7 Å². The summed E-state index contributed by atoms with van der Waals surface area (Å²) < 4.78 is 0. The summed E-state index contributed by atoms with van der Waals surface area (Å²) in [7, 11) is 0. The molecule has 0 saturated heterocycles. The lowest BCUT2D eigenvalue weighted by atomic mass is 9.98. The average molecular weight is 247 g/mol. The van der Waals surface area contributed by atoms with Crippen molar-refractivity contribution in [1.82, 2.24) is 5.06 Å². The normalized spacial score (nSPS) is 12.1. The van der Waals surface area contributed by atoms with Crippen LogP contribution in [0.1, 0.15) is 40.9 Å². The minimum absolute atomic E-state index is 0.375. The van der Waals surface area contributed by atoms with Crippen LogP contribution in [-0.2, 0) is 0 Å². The molecule has 1 unspecified atom stereocenters. The highest BCUT2D eigenvalue weighted by Gasteiger charge is 2.23. The van der Waals surface area contributed by atoms with Crippen LogP contribution in [0.15, 0.2) is 24.3 Å². The smallest absolute Gasteiger partial charge is 0.278 e. The molecule has 1 rings (SSSR count). The fraction of sp³-hybridized carbons (Fsp3) is 0.400. The fourth-order valence-corrected chi connectivity index (χ4v) is 2.02. The second-order valence-electron chi connectivity index (χ2n) is 4.95. The van der Waals surface area contributed by atoms with Crippen LogP contribution in [0, 0.1) is 20.8 Å². The molecule has 1 amide bonds. The van der Waals surface area contributed by atoms with E-state index in [0.29, 0.717) is 5.56 Å². The summed E-state index contributed by atoms with van der Waals surface area (Å²) in [4.78, 5) is 12.3. The van der Waals surface area contributed by atoms with Crippen LogP contribution in [0.25, 0.3) is 0 Å². The van der Waals surface area contributed by atoms with Gasteiger partial charge in [0.1, 0.15) is 0 Å². The van der Waals surface area contributed by atoms with Gasteiger partial charge < -0.3 is 0 Å². The Balaban J connectivity index is 3.16. The Kier molecular flexibility index (Phi) is 4.30. The molecule has 1 atom stereocenters. The molecular weight excluding hydrogens is 226 g/mol. The summed E-state index contributed by atoms with van der Waals surface area (Å²) in [5, 5.41) is 10.7. The minimum atomic E-state index is -0.391. The SMILES string of the molecule is C=C(C)C(C)N(O)C(=O)c1c(C)cc(C)cc1C. The van der Waals surface area contributed by atoms with Crippen molar-refractivity contribution in [2.24, 2.45) is 0 Å². The van der Waals surface area contributed by atoms with E-state index in [1.165, 1.54) is 0 Å². The molecule has 0 saturated carbocycles. The molecule has 3 nitrogen and oxygen atoms in total. The predicted octanol–water partition coefficient (Wildman–Crippen LogP) is 3.41. The zero-order valence-electron chi connectivity index (χ0n) is 11.7. The number of benzene rings is 1. The van der Waals surface area contributed by atoms with Crippen LogP contribution >= 0.6 is 0 Å². The van der Waals surface area contributed by atoms with Crippen molar-refractivity contribution in [3.05, 3.63) is 46.5 Å². The van der Waals surface area contributed by atoms with E-state index in [4.69, 9.17) is 0 Å². The number of hydrogen-bond acceptors (Lipinski definition) is 2. The van der Waals surface area contributed by atoms with E-state index in [0.717, 1.165) is 27.3 Å². The molecule has 0 heterocycles. The van der Waals surface area contributed by atoms with Gasteiger partial charge in [0.25, 0.3) is 5.91 Å². The fourth-order valence-electron chi connectivity index (χ4n) is 2.02. The van der Waals surface area contributed by atoms with Gasteiger partial charge in [-0.05, 0) is 45.7 Å². The average Bonchev–Trinajstić information content (AvgIpc) is 2.25. The quantitative estimate of drug-likeness (QED) is 0.505. The summed E-state index contributed by atoms with van der Waals surface area (Å²) in [5.41, 5.74) is 4.18. The Morgan fingerprint density at radius 2 is 1.72 bits per heavy atom. The third kappa shape index (κ3) is 2.79. The number of nitrogens with zero attached hydrogens (tertiary/aromatic N) is 1. The van der Waals surface area contributed by atoms with E-state index in [1.54, 1.807) is 13.8 Å². The largest absolute Gasteiger partial charge is 0.285 e. The molecule has 1 aromatic carbocycles. The lowest BCUT2D eigenvalue weighted by Crippen LogP contribution is -2.37. The first-order valence-electron chi connectivity index (χ1n) is 6.01. The topological polar surface area (TPSA) is 40.5 Å². The van der Waals surface area contributed by atoms with Crippen LogP contribution in [-0.4, -0.2) is 22.2 Å². The molecule has 0 radical (unpaired) electrons. The van der Waals surface area contributed by atoms with Gasteiger partial charge in [-0.15, -0.1) is 0 Å². The van der Waals surface area contributed by atoms with Crippen LogP contribution in [0.5, 0.6) is 0 Å². The number of aryl methyl sites for hydroxylation is 3. The lowest BCUT2D eigenvalue weighted by molar-refractivity contribution is -0.0751. The molecule has 0 aliphatic carbocycles. The summed E-state index contributed by atoms with van der Waals surface area (Å²) in [6, 6.07) is 3.50. The van der Waals surface area contributed by atoms with Gasteiger partial charge in [0, 0.05) is 5.56 Å². The van der Waals surface area contributed by atoms with Gasteiger partial charge in [-0.2, -0.15) is 0 Å². The monoisotopic (exact) mass is 247 g/mol. The van der Waals surface area contributed by atoms with Crippen molar-refractivity contribution < 1.29 is 10.0 Å². The van der Waals surface area contributed by atoms with Crippen molar-refractivity contribution in [2.75, 3.05) is 0 Å². The molecule has 1 N–H and O–H groups in total. The molecule has 0 bridgehead atoms. The van der Waals surface area contributed by atoms with Gasteiger partial charge in [-0.25, -0.2) is 5.06 Å². The molecular formula is C15H21NO2. The van der Waals surface area contributed by atoms with Crippen LogP contribution in [0.2, 0.25) is 0 Å². The van der Waals surface area contributed by atoms with E-state index in [2.05, 4.69) is 6.58 Å². The minimum Gasteiger partial charge on any atom is -0.285 e. The second-order valence-corrected chi connectivity index (χ2v) is 4.95. The van der Waals surface area contributed by atoms with Crippen LogP contribution < -0.4 is 0 Å². The molecule has 98 valence electrons. The van der Waals surface area contributed by atoms with Crippen LogP contribution in [0.3, 0.4) is 0 Å². The van der Waals surface area contributed by atoms with E-state index >= 15 is 0 Å². The molecule has 0 fully saturated rings. The summed E-state index contributed by atoms with van der Waals surface area (Å²) in [5.74, 6) is -0.375. The summed E-state index contributed by atoms with van der Waals surface area (Å²) in [6.45, 7) is 13.0. The molecule has 1 aromatic rings. The standard InChI is InChI=1S/C15H21NO2/c1-9(2)13(6)16(18)15(17)14-11(4)7-10(3)8-12(14)5/h7-8,13,18H,1H2,2-6H3. The third-order valence-electron chi connectivity index (χ3n) is 3.18. The maximum atomic E-state index is 12.3. The number of carbonyl (C=O) groups is 1. The first-order valence-corrected chi connectivity index (χ1v) is 6.01. The zero-order valence-corrected chi connectivity index (χ0v) is 11.7. The lowest BCUT2D eigenvalue weighted by Gasteiger charge is -2.24. The van der Waals surface area contributed by atoms with Gasteiger partial charge in [0.05, 0.1) is 6.04 Å². The maximum absolute atomic E-state index is 12.3. The van der Waals surface area contributed by atoms with Crippen molar-refractivity contribution in [3.8, 4) is 0 Å².